The molecule has 1 aromatic heterocycles. The molecule has 88 valence electrons. The summed E-state index contributed by atoms with van der Waals surface area (Å²) in [4.78, 5) is 23.6. The summed E-state index contributed by atoms with van der Waals surface area (Å²) in [7, 11) is 0. The number of benzene rings is 1. The molecule has 0 saturated heterocycles. The molecular weight excluding hydrogens is 242 g/mol. The van der Waals surface area contributed by atoms with Gasteiger partial charge in [-0.05, 0) is 38.1 Å². The fourth-order valence-electron chi connectivity index (χ4n) is 1.47. The molecule has 0 fully saturated rings. The molecule has 1 aromatic carbocycles. The largest absolute Gasteiger partial charge is 0.426 e. The van der Waals surface area contributed by atoms with Gasteiger partial charge in [0.05, 0.1) is 11.3 Å². The van der Waals surface area contributed by atoms with Gasteiger partial charge in [-0.25, -0.2) is 9.36 Å². The molecule has 1 heterocycles. The summed E-state index contributed by atoms with van der Waals surface area (Å²) in [5, 5.41) is 0.537. The molecule has 0 bridgehead atoms. The smallest absolute Gasteiger partial charge is 0.414 e. The summed E-state index contributed by atoms with van der Waals surface area (Å²) >= 11 is 5.75. The second-order valence-electron chi connectivity index (χ2n) is 3.67. The highest BCUT2D eigenvalue weighted by atomic mass is 35.5. The Morgan fingerprint density at radius 1 is 1.12 bits per heavy atom. The van der Waals surface area contributed by atoms with Gasteiger partial charge < -0.3 is 4.42 Å². The number of halogens is 1. The van der Waals surface area contributed by atoms with Gasteiger partial charge in [0.25, 0.3) is 5.56 Å². The molecule has 2 aromatic rings. The SMILES string of the molecule is Cc1oc(=O)n(-c2ccc(Cl)cc2)c(=O)c1C. The zero-order valence-electron chi connectivity index (χ0n) is 9.36. The number of aryl methyl sites for hydroxylation is 1. The van der Waals surface area contributed by atoms with Crippen molar-refractivity contribution in [2.45, 2.75) is 13.8 Å². The standard InChI is InChI=1S/C12H10ClNO3/c1-7-8(2)17-12(16)14(11(7)15)10-5-3-9(13)4-6-10/h3-6H,1-2H3. The van der Waals surface area contributed by atoms with Crippen molar-refractivity contribution in [3.05, 3.63) is 61.5 Å². The van der Waals surface area contributed by atoms with Crippen molar-refractivity contribution in [2.75, 3.05) is 0 Å². The highest BCUT2D eigenvalue weighted by Gasteiger charge is 2.11. The predicted octanol–water partition coefficient (Wildman–Crippen LogP) is 2.06. The van der Waals surface area contributed by atoms with Crippen molar-refractivity contribution in [3.63, 3.8) is 0 Å². The van der Waals surface area contributed by atoms with Crippen molar-refractivity contribution in [2.24, 2.45) is 0 Å². The van der Waals surface area contributed by atoms with E-state index in [2.05, 4.69) is 0 Å². The van der Waals surface area contributed by atoms with Gasteiger partial charge in [0, 0.05) is 5.02 Å². The summed E-state index contributed by atoms with van der Waals surface area (Å²) in [5.74, 6) is -0.356. The summed E-state index contributed by atoms with van der Waals surface area (Å²) in [6.07, 6.45) is 0. The molecule has 0 N–H and O–H groups in total. The Labute approximate surface area is 102 Å². The first-order chi connectivity index (χ1) is 8.00. The molecule has 0 aliphatic heterocycles. The molecule has 0 radical (unpaired) electrons. The zero-order valence-corrected chi connectivity index (χ0v) is 10.1. The van der Waals surface area contributed by atoms with E-state index in [4.69, 9.17) is 16.0 Å². The van der Waals surface area contributed by atoms with Crippen LogP contribution in [-0.2, 0) is 0 Å². The minimum Gasteiger partial charge on any atom is -0.414 e. The van der Waals surface area contributed by atoms with Gasteiger partial charge in [0.2, 0.25) is 0 Å². The van der Waals surface area contributed by atoms with Gasteiger partial charge in [-0.3, -0.25) is 4.79 Å². The summed E-state index contributed by atoms with van der Waals surface area (Å²) in [5.41, 5.74) is 0.483. The molecule has 0 spiro atoms. The van der Waals surface area contributed by atoms with Crippen LogP contribution in [0.15, 0.2) is 38.3 Å². The third-order valence-corrected chi connectivity index (χ3v) is 2.81. The highest BCUT2D eigenvalue weighted by molar-refractivity contribution is 6.30. The molecule has 0 amide bonds. The molecule has 0 unspecified atom stereocenters. The molecule has 0 aliphatic rings. The van der Waals surface area contributed by atoms with Crippen LogP contribution >= 0.6 is 11.6 Å². The number of nitrogens with zero attached hydrogens (tertiary/aromatic N) is 1. The topological polar surface area (TPSA) is 52.2 Å². The van der Waals surface area contributed by atoms with E-state index in [1.807, 2.05) is 0 Å². The van der Waals surface area contributed by atoms with Gasteiger partial charge >= 0.3 is 5.76 Å². The normalized spacial score (nSPS) is 10.5. The van der Waals surface area contributed by atoms with Crippen LogP contribution in [0.4, 0.5) is 0 Å². The van der Waals surface area contributed by atoms with Crippen molar-refractivity contribution < 1.29 is 4.42 Å². The van der Waals surface area contributed by atoms with Gasteiger partial charge in [-0.15, -0.1) is 0 Å². The van der Waals surface area contributed by atoms with Crippen LogP contribution in [0.3, 0.4) is 0 Å². The lowest BCUT2D eigenvalue weighted by Crippen LogP contribution is -2.33. The van der Waals surface area contributed by atoms with Crippen LogP contribution in [-0.4, -0.2) is 4.57 Å². The number of hydrogen-bond acceptors (Lipinski definition) is 3. The van der Waals surface area contributed by atoms with Crippen LogP contribution in [0.25, 0.3) is 5.69 Å². The maximum Gasteiger partial charge on any atom is 0.426 e. The van der Waals surface area contributed by atoms with Crippen molar-refractivity contribution in [1.82, 2.24) is 4.57 Å². The molecule has 17 heavy (non-hydrogen) atoms. The number of rotatable bonds is 1. The Bertz CT molecular complexity index is 668. The Kier molecular flexibility index (Phi) is 2.90. The third-order valence-electron chi connectivity index (χ3n) is 2.56. The summed E-state index contributed by atoms with van der Waals surface area (Å²) < 4.78 is 5.96. The minimum absolute atomic E-state index is 0.338. The van der Waals surface area contributed by atoms with E-state index in [-0.39, 0.29) is 5.56 Å². The van der Waals surface area contributed by atoms with Crippen molar-refractivity contribution >= 4 is 11.6 Å². The van der Waals surface area contributed by atoms with Gasteiger partial charge in [-0.2, -0.15) is 0 Å². The van der Waals surface area contributed by atoms with Gasteiger partial charge in [0.15, 0.2) is 0 Å². The fourth-order valence-corrected chi connectivity index (χ4v) is 1.59. The van der Waals surface area contributed by atoms with Crippen LogP contribution in [0.1, 0.15) is 11.3 Å². The predicted molar refractivity (Wildman–Crippen MR) is 65.1 cm³/mol. The molecular formula is C12H10ClNO3. The van der Waals surface area contributed by atoms with Crippen molar-refractivity contribution in [1.29, 1.82) is 0 Å². The molecule has 0 saturated carbocycles. The zero-order chi connectivity index (χ0) is 12.6. The Balaban J connectivity index is 2.77. The van der Waals surface area contributed by atoms with E-state index >= 15 is 0 Å². The Morgan fingerprint density at radius 2 is 1.71 bits per heavy atom. The lowest BCUT2D eigenvalue weighted by molar-refractivity contribution is 0.427. The van der Waals surface area contributed by atoms with E-state index in [1.165, 1.54) is 0 Å². The summed E-state index contributed by atoms with van der Waals surface area (Å²) in [6.45, 7) is 3.21. The fraction of sp³-hybridized carbons (Fsp3) is 0.167. The number of hydrogen-bond donors (Lipinski definition) is 0. The third kappa shape index (κ3) is 2.03. The summed E-state index contributed by atoms with van der Waals surface area (Å²) in [6, 6.07) is 6.40. The second kappa shape index (κ2) is 4.22. The van der Waals surface area contributed by atoms with Crippen LogP contribution in [0.5, 0.6) is 0 Å². The lowest BCUT2D eigenvalue weighted by atomic mass is 10.2. The minimum atomic E-state index is -0.694. The first-order valence-corrected chi connectivity index (χ1v) is 5.38. The van der Waals surface area contributed by atoms with Crippen LogP contribution in [0.2, 0.25) is 5.02 Å². The highest BCUT2D eigenvalue weighted by Crippen LogP contribution is 2.11. The first-order valence-electron chi connectivity index (χ1n) is 5.00. The molecule has 4 nitrogen and oxygen atoms in total. The van der Waals surface area contributed by atoms with E-state index in [0.29, 0.717) is 22.0 Å². The monoisotopic (exact) mass is 251 g/mol. The lowest BCUT2D eigenvalue weighted by Gasteiger charge is -2.05. The van der Waals surface area contributed by atoms with E-state index < -0.39 is 5.76 Å². The molecule has 2 rings (SSSR count). The average molecular weight is 252 g/mol. The van der Waals surface area contributed by atoms with E-state index in [9.17, 15) is 9.59 Å². The quantitative estimate of drug-likeness (QED) is 0.780. The van der Waals surface area contributed by atoms with Gasteiger partial charge in [0.1, 0.15) is 5.76 Å². The molecule has 0 atom stereocenters. The molecule has 0 aliphatic carbocycles. The van der Waals surface area contributed by atoms with Crippen LogP contribution in [0, 0.1) is 13.8 Å². The Morgan fingerprint density at radius 3 is 2.29 bits per heavy atom. The molecule has 5 heteroatoms. The Hall–Kier alpha value is -1.81. The first kappa shape index (κ1) is 11.7. The number of aromatic nitrogens is 1. The average Bonchev–Trinajstić information content (AvgIpc) is 2.29. The maximum atomic E-state index is 12.0. The van der Waals surface area contributed by atoms with Gasteiger partial charge in [-0.1, -0.05) is 11.6 Å². The van der Waals surface area contributed by atoms with Crippen LogP contribution < -0.4 is 11.3 Å². The van der Waals surface area contributed by atoms with Crippen molar-refractivity contribution in [3.8, 4) is 5.69 Å². The van der Waals surface area contributed by atoms with E-state index in [0.717, 1.165) is 4.57 Å². The van der Waals surface area contributed by atoms with E-state index in [1.54, 1.807) is 38.1 Å². The second-order valence-corrected chi connectivity index (χ2v) is 4.10. The maximum absolute atomic E-state index is 12.0.